The number of H-pyrrole nitrogens is 1. The minimum absolute atomic E-state index is 0.713. The van der Waals surface area contributed by atoms with Gasteiger partial charge in [-0.1, -0.05) is 0 Å². The number of hydrogen-bond acceptors (Lipinski definition) is 2. The third kappa shape index (κ3) is 1.76. The number of piperidine rings is 3. The number of nitrogens with one attached hydrogen (secondary N) is 1. The molecule has 1 atom stereocenters. The van der Waals surface area contributed by atoms with E-state index in [0.717, 1.165) is 11.7 Å². The maximum absolute atomic E-state index is 5.30. The predicted octanol–water partition coefficient (Wildman–Crippen LogP) is 2.99. The molecule has 4 heterocycles. The molecule has 0 aliphatic carbocycles. The van der Waals surface area contributed by atoms with Crippen LogP contribution in [-0.4, -0.2) is 36.6 Å². The minimum Gasteiger partial charge on any atom is -0.497 e. The lowest BCUT2D eigenvalue weighted by atomic mass is 9.75. The van der Waals surface area contributed by atoms with E-state index in [4.69, 9.17) is 4.74 Å². The lowest BCUT2D eigenvalue weighted by molar-refractivity contribution is 0.0876. The summed E-state index contributed by atoms with van der Waals surface area (Å²) in [6, 6.07) is 6.37. The number of fused-ring (bicyclic) bond motifs is 4. The highest BCUT2D eigenvalue weighted by molar-refractivity contribution is 5.85. The van der Waals surface area contributed by atoms with Crippen molar-refractivity contribution in [3.8, 4) is 5.75 Å². The molecule has 3 aliphatic rings. The van der Waals surface area contributed by atoms with Crippen molar-refractivity contribution in [3.05, 3.63) is 30.0 Å². The maximum atomic E-state index is 5.30. The van der Waals surface area contributed by atoms with Gasteiger partial charge in [-0.05, 0) is 49.5 Å². The molecular formula is C16H20N2O. The van der Waals surface area contributed by atoms with Crippen LogP contribution in [-0.2, 0) is 0 Å². The molecule has 1 aromatic carbocycles. The molecule has 3 heteroatoms. The van der Waals surface area contributed by atoms with Gasteiger partial charge in [-0.15, -0.1) is 0 Å². The van der Waals surface area contributed by atoms with Crippen LogP contribution in [0.2, 0.25) is 0 Å². The lowest BCUT2D eigenvalue weighted by Gasteiger charge is -2.44. The van der Waals surface area contributed by atoms with Crippen molar-refractivity contribution >= 4 is 10.9 Å². The Morgan fingerprint density at radius 3 is 2.79 bits per heavy atom. The van der Waals surface area contributed by atoms with Crippen LogP contribution in [0.3, 0.4) is 0 Å². The average molecular weight is 256 g/mol. The molecule has 3 nitrogen and oxygen atoms in total. The van der Waals surface area contributed by atoms with Crippen molar-refractivity contribution in [1.29, 1.82) is 0 Å². The lowest BCUT2D eigenvalue weighted by Crippen LogP contribution is -2.46. The second kappa shape index (κ2) is 4.27. The quantitative estimate of drug-likeness (QED) is 0.894. The van der Waals surface area contributed by atoms with E-state index < -0.39 is 0 Å². The molecule has 1 aromatic heterocycles. The fourth-order valence-electron chi connectivity index (χ4n) is 3.88. The summed E-state index contributed by atoms with van der Waals surface area (Å²) in [4.78, 5) is 6.04. The van der Waals surface area contributed by atoms with E-state index in [1.807, 2.05) is 0 Å². The smallest absolute Gasteiger partial charge is 0.120 e. The zero-order chi connectivity index (χ0) is 12.8. The second-order valence-corrected chi connectivity index (χ2v) is 5.90. The number of aromatic nitrogens is 1. The first kappa shape index (κ1) is 11.4. The topological polar surface area (TPSA) is 28.3 Å². The summed E-state index contributed by atoms with van der Waals surface area (Å²) >= 11 is 0. The second-order valence-electron chi connectivity index (χ2n) is 5.90. The molecule has 5 rings (SSSR count). The Kier molecular flexibility index (Phi) is 2.55. The number of nitrogens with zero attached hydrogens (tertiary/aromatic N) is 1. The predicted molar refractivity (Wildman–Crippen MR) is 76.8 cm³/mol. The van der Waals surface area contributed by atoms with E-state index >= 15 is 0 Å². The molecule has 3 saturated heterocycles. The first-order valence-corrected chi connectivity index (χ1v) is 7.22. The SMILES string of the molecule is COc1ccc2c(C3CN4CCC3CC4)c[nH]c2c1. The van der Waals surface area contributed by atoms with Crippen LogP contribution in [0.15, 0.2) is 24.4 Å². The van der Waals surface area contributed by atoms with Gasteiger partial charge in [0.25, 0.3) is 0 Å². The molecule has 0 amide bonds. The van der Waals surface area contributed by atoms with Crippen molar-refractivity contribution in [2.24, 2.45) is 5.92 Å². The monoisotopic (exact) mass is 256 g/mol. The molecule has 0 spiro atoms. The molecule has 100 valence electrons. The van der Waals surface area contributed by atoms with E-state index in [-0.39, 0.29) is 0 Å². The van der Waals surface area contributed by atoms with Crippen LogP contribution in [0.25, 0.3) is 10.9 Å². The Morgan fingerprint density at radius 1 is 1.26 bits per heavy atom. The summed E-state index contributed by atoms with van der Waals surface area (Å²) < 4.78 is 5.30. The molecule has 3 fully saturated rings. The van der Waals surface area contributed by atoms with Crippen LogP contribution in [0.1, 0.15) is 24.3 Å². The van der Waals surface area contributed by atoms with Gasteiger partial charge in [-0.3, -0.25) is 0 Å². The fraction of sp³-hybridized carbons (Fsp3) is 0.500. The van der Waals surface area contributed by atoms with Crippen LogP contribution >= 0.6 is 0 Å². The molecule has 19 heavy (non-hydrogen) atoms. The van der Waals surface area contributed by atoms with Gasteiger partial charge in [0.05, 0.1) is 7.11 Å². The normalized spacial score (nSPS) is 29.8. The van der Waals surface area contributed by atoms with Gasteiger partial charge in [-0.2, -0.15) is 0 Å². The largest absolute Gasteiger partial charge is 0.497 e. The number of hydrogen-bond donors (Lipinski definition) is 1. The first-order valence-electron chi connectivity index (χ1n) is 7.22. The van der Waals surface area contributed by atoms with E-state index in [0.29, 0.717) is 5.92 Å². The molecule has 2 aromatic rings. The zero-order valence-corrected chi connectivity index (χ0v) is 11.4. The van der Waals surface area contributed by atoms with Gasteiger partial charge in [0, 0.05) is 35.6 Å². The summed E-state index contributed by atoms with van der Waals surface area (Å²) in [5.41, 5.74) is 2.71. The third-order valence-electron chi connectivity index (χ3n) is 4.98. The van der Waals surface area contributed by atoms with Gasteiger partial charge in [0.1, 0.15) is 5.75 Å². The Hall–Kier alpha value is -1.48. The van der Waals surface area contributed by atoms with Gasteiger partial charge < -0.3 is 14.6 Å². The standard InChI is InChI=1S/C16H20N2O/c1-19-12-2-3-13-14(9-17-16(13)8-12)15-10-18-6-4-11(15)5-7-18/h2-3,8-9,11,15,17H,4-7,10H2,1H3. The van der Waals surface area contributed by atoms with Gasteiger partial charge in [-0.25, -0.2) is 0 Å². The van der Waals surface area contributed by atoms with Crippen LogP contribution in [0.4, 0.5) is 0 Å². The van der Waals surface area contributed by atoms with E-state index in [2.05, 4.69) is 34.3 Å². The Morgan fingerprint density at radius 2 is 2.11 bits per heavy atom. The van der Waals surface area contributed by atoms with E-state index in [1.165, 1.54) is 48.9 Å². The van der Waals surface area contributed by atoms with Gasteiger partial charge >= 0.3 is 0 Å². The van der Waals surface area contributed by atoms with Crippen LogP contribution in [0, 0.1) is 5.92 Å². The number of rotatable bonds is 2. The first-order chi connectivity index (χ1) is 9.35. The van der Waals surface area contributed by atoms with Crippen molar-refractivity contribution in [1.82, 2.24) is 9.88 Å². The molecule has 0 saturated carbocycles. The van der Waals surface area contributed by atoms with Crippen LogP contribution in [0.5, 0.6) is 5.75 Å². The Labute approximate surface area is 113 Å². The molecule has 2 bridgehead atoms. The number of methoxy groups -OCH3 is 1. The highest BCUT2D eigenvalue weighted by Crippen LogP contribution is 2.41. The molecule has 1 unspecified atom stereocenters. The maximum Gasteiger partial charge on any atom is 0.120 e. The highest BCUT2D eigenvalue weighted by atomic mass is 16.5. The van der Waals surface area contributed by atoms with Crippen molar-refractivity contribution in [2.45, 2.75) is 18.8 Å². The molecular weight excluding hydrogens is 236 g/mol. The highest BCUT2D eigenvalue weighted by Gasteiger charge is 2.35. The zero-order valence-electron chi connectivity index (χ0n) is 11.4. The molecule has 3 aliphatic heterocycles. The number of ether oxygens (including phenoxy) is 1. The molecule has 0 radical (unpaired) electrons. The summed E-state index contributed by atoms with van der Waals surface area (Å²) in [7, 11) is 1.72. The van der Waals surface area contributed by atoms with Crippen molar-refractivity contribution < 1.29 is 4.74 Å². The van der Waals surface area contributed by atoms with Gasteiger partial charge in [0.2, 0.25) is 0 Å². The fourth-order valence-corrected chi connectivity index (χ4v) is 3.88. The summed E-state index contributed by atoms with van der Waals surface area (Å²) in [6.07, 6.45) is 4.96. The van der Waals surface area contributed by atoms with Crippen molar-refractivity contribution in [3.63, 3.8) is 0 Å². The minimum atomic E-state index is 0.713. The molecule has 1 N–H and O–H groups in total. The Balaban J connectivity index is 1.75. The van der Waals surface area contributed by atoms with Crippen LogP contribution < -0.4 is 4.74 Å². The summed E-state index contributed by atoms with van der Waals surface area (Å²) in [5, 5.41) is 1.37. The van der Waals surface area contributed by atoms with E-state index in [9.17, 15) is 0 Å². The summed E-state index contributed by atoms with van der Waals surface area (Å²) in [5.74, 6) is 2.52. The number of aromatic amines is 1. The number of benzene rings is 1. The van der Waals surface area contributed by atoms with E-state index in [1.54, 1.807) is 7.11 Å². The Bertz CT molecular complexity index is 596. The average Bonchev–Trinajstić information content (AvgIpc) is 2.91. The third-order valence-corrected chi connectivity index (χ3v) is 4.98. The van der Waals surface area contributed by atoms with Crippen molar-refractivity contribution in [2.75, 3.05) is 26.7 Å². The summed E-state index contributed by atoms with van der Waals surface area (Å²) in [6.45, 7) is 3.85. The van der Waals surface area contributed by atoms with Gasteiger partial charge in [0.15, 0.2) is 0 Å².